The number of furan rings is 2. The molecular formula is C44H26O2. The summed E-state index contributed by atoms with van der Waals surface area (Å²) in [5.74, 6) is 0. The number of hydrogen-bond donors (Lipinski definition) is 0. The lowest BCUT2D eigenvalue weighted by atomic mass is 9.85. The average Bonchev–Trinajstić information content (AvgIpc) is 3.77. The van der Waals surface area contributed by atoms with Gasteiger partial charge in [0.2, 0.25) is 0 Å². The lowest BCUT2D eigenvalue weighted by Gasteiger charge is -2.18. The molecule has 0 aliphatic heterocycles. The van der Waals surface area contributed by atoms with Crippen molar-refractivity contribution < 1.29 is 19.8 Å². The first-order valence-corrected chi connectivity index (χ1v) is 15.0. The summed E-state index contributed by atoms with van der Waals surface area (Å²) in [4.78, 5) is 0. The number of hydrogen-bond acceptors (Lipinski definition) is 2. The van der Waals surface area contributed by atoms with Crippen LogP contribution in [0.3, 0.4) is 0 Å². The zero-order valence-corrected chi connectivity index (χ0v) is 24.2. The van der Waals surface area contributed by atoms with Gasteiger partial charge in [0, 0.05) is 21.5 Å². The second-order valence-corrected chi connectivity index (χ2v) is 11.4. The van der Waals surface area contributed by atoms with Crippen molar-refractivity contribution >= 4 is 65.4 Å². The van der Waals surface area contributed by atoms with Crippen LogP contribution in [0.15, 0.2) is 166 Å². The van der Waals surface area contributed by atoms with Crippen molar-refractivity contribution in [1.82, 2.24) is 0 Å². The Kier molecular flexibility index (Phi) is 3.92. The second-order valence-electron chi connectivity index (χ2n) is 11.4. The van der Waals surface area contributed by atoms with E-state index in [4.69, 9.17) is 14.3 Å². The molecule has 46 heavy (non-hydrogen) atoms. The van der Waals surface area contributed by atoms with E-state index in [-0.39, 0.29) is 51.3 Å². The lowest BCUT2D eigenvalue weighted by molar-refractivity contribution is 0.663. The minimum absolute atomic E-state index is 0.150. The third kappa shape index (κ3) is 3.65. The second kappa shape index (κ2) is 9.69. The predicted octanol–water partition coefficient (Wildman–Crippen LogP) is 12.8. The van der Waals surface area contributed by atoms with Gasteiger partial charge in [-0.05, 0) is 91.3 Å². The Morgan fingerprint density at radius 2 is 0.870 bits per heavy atom. The number of fused-ring (bicyclic) bond motifs is 9. The summed E-state index contributed by atoms with van der Waals surface area (Å²) in [6.45, 7) is 0. The smallest absolute Gasteiger partial charge is 0.136 e. The lowest BCUT2D eigenvalue weighted by Crippen LogP contribution is -1.91. The molecule has 0 aliphatic carbocycles. The first kappa shape index (κ1) is 18.6. The molecule has 0 amide bonds. The third-order valence-electron chi connectivity index (χ3n) is 8.90. The maximum absolute atomic E-state index is 9.33. The summed E-state index contributed by atoms with van der Waals surface area (Å²) in [5, 5.41) is 4.15. The molecule has 0 fully saturated rings. The molecule has 8 aromatic carbocycles. The van der Waals surface area contributed by atoms with Crippen molar-refractivity contribution in [2.75, 3.05) is 0 Å². The van der Waals surface area contributed by atoms with Gasteiger partial charge in [0.25, 0.3) is 0 Å². The molecule has 0 aliphatic rings. The van der Waals surface area contributed by atoms with E-state index in [0.29, 0.717) is 33.4 Å². The summed E-state index contributed by atoms with van der Waals surface area (Å²) >= 11 is 0. The first-order chi connectivity index (χ1) is 26.1. The van der Waals surface area contributed by atoms with Gasteiger partial charge >= 0.3 is 0 Å². The molecule has 0 spiro atoms. The normalized spacial score (nSPS) is 14.3. The average molecular weight is 595 g/mol. The summed E-state index contributed by atoms with van der Waals surface area (Å²) in [6, 6.07) is 31.2. The summed E-state index contributed by atoms with van der Waals surface area (Å²) in [5.41, 5.74) is 5.97. The Bertz CT molecular complexity index is 3170. The number of benzene rings is 8. The van der Waals surface area contributed by atoms with Gasteiger partial charge in [-0.25, -0.2) is 0 Å². The van der Waals surface area contributed by atoms with E-state index in [1.807, 2.05) is 103 Å². The van der Waals surface area contributed by atoms with Crippen LogP contribution in [-0.4, -0.2) is 0 Å². The van der Waals surface area contributed by atoms with Crippen LogP contribution >= 0.6 is 0 Å². The molecule has 0 saturated carbocycles. The standard InChI is InChI=1S/C44H26O2/c1-2-11-27(12-3-1)28-13-10-14-29(25-28)41-31-15-4-6-17-33(31)42(34-18-7-5-16-32(34)41)30-21-22-36-40(26-30)46-39-24-23-38-43(44(36)39)35-19-8-9-20-37(35)45-38/h1-26H/i4D,5D,6D,7D,15D,16D,17D,18D. The molecular weight excluding hydrogens is 560 g/mol. The monoisotopic (exact) mass is 594 g/mol. The molecule has 2 aromatic heterocycles. The molecule has 0 N–H and O–H groups in total. The zero-order valence-electron chi connectivity index (χ0n) is 32.2. The molecule has 214 valence electrons. The Hall–Kier alpha value is -6.12. The van der Waals surface area contributed by atoms with E-state index in [9.17, 15) is 5.48 Å². The Morgan fingerprint density at radius 1 is 0.348 bits per heavy atom. The van der Waals surface area contributed by atoms with Crippen LogP contribution < -0.4 is 0 Å². The van der Waals surface area contributed by atoms with Crippen LogP contribution in [0.1, 0.15) is 11.0 Å². The minimum atomic E-state index is -0.447. The van der Waals surface area contributed by atoms with Crippen LogP contribution in [0.2, 0.25) is 0 Å². The third-order valence-corrected chi connectivity index (χ3v) is 8.90. The van der Waals surface area contributed by atoms with Gasteiger partial charge in [0.1, 0.15) is 22.3 Å². The molecule has 2 heterocycles. The van der Waals surface area contributed by atoms with Crippen LogP contribution in [-0.2, 0) is 0 Å². The molecule has 2 heteroatoms. The van der Waals surface area contributed by atoms with Gasteiger partial charge in [-0.2, -0.15) is 0 Å². The molecule has 0 unspecified atom stereocenters. The summed E-state index contributed by atoms with van der Waals surface area (Å²) < 4.78 is 85.0. The summed E-state index contributed by atoms with van der Waals surface area (Å²) in [6.07, 6.45) is 0. The highest BCUT2D eigenvalue weighted by Gasteiger charge is 2.20. The van der Waals surface area contributed by atoms with Crippen LogP contribution in [0.25, 0.3) is 98.8 Å². The highest BCUT2D eigenvalue weighted by molar-refractivity contribution is 6.27. The Balaban J connectivity index is 1.37. The zero-order chi connectivity index (χ0) is 37.2. The fraction of sp³-hybridized carbons (Fsp3) is 0. The fourth-order valence-corrected chi connectivity index (χ4v) is 6.92. The highest BCUT2D eigenvalue weighted by atomic mass is 16.3. The van der Waals surface area contributed by atoms with Gasteiger partial charge in [0.15, 0.2) is 0 Å². The minimum Gasteiger partial charge on any atom is -0.456 e. The van der Waals surface area contributed by atoms with E-state index < -0.39 is 24.2 Å². The SMILES string of the molecule is [2H]c1c([2H])c([2H])c2c(-c3ccc4c(c3)oc3ccc5oc6ccccc6c5c34)c3c([2H])c([2H])c([2H])c([2H])c3c(-c3cccc(-c4ccccc4)c3)c2c1[2H]. The van der Waals surface area contributed by atoms with Gasteiger partial charge in [-0.1, -0.05) is 121 Å². The Morgan fingerprint density at radius 3 is 1.54 bits per heavy atom. The van der Waals surface area contributed by atoms with Crippen molar-refractivity contribution in [3.8, 4) is 33.4 Å². The van der Waals surface area contributed by atoms with Crippen LogP contribution in [0, 0.1) is 0 Å². The summed E-state index contributed by atoms with van der Waals surface area (Å²) in [7, 11) is 0. The topological polar surface area (TPSA) is 26.3 Å². The van der Waals surface area contributed by atoms with Gasteiger partial charge in [0.05, 0.1) is 11.0 Å². The predicted molar refractivity (Wildman–Crippen MR) is 192 cm³/mol. The van der Waals surface area contributed by atoms with E-state index >= 15 is 0 Å². The molecule has 10 aromatic rings. The Labute approximate surface area is 276 Å². The quantitative estimate of drug-likeness (QED) is 0.190. The fourth-order valence-electron chi connectivity index (χ4n) is 6.92. The number of para-hydroxylation sites is 1. The van der Waals surface area contributed by atoms with E-state index in [1.165, 1.54) is 0 Å². The van der Waals surface area contributed by atoms with Gasteiger partial charge < -0.3 is 8.83 Å². The highest BCUT2D eigenvalue weighted by Crippen LogP contribution is 2.46. The van der Waals surface area contributed by atoms with Crippen molar-refractivity contribution in [1.29, 1.82) is 0 Å². The first-order valence-electron chi connectivity index (χ1n) is 19.0. The van der Waals surface area contributed by atoms with Crippen LogP contribution in [0.4, 0.5) is 0 Å². The van der Waals surface area contributed by atoms with Crippen molar-refractivity contribution in [3.05, 3.63) is 158 Å². The molecule has 0 atom stereocenters. The van der Waals surface area contributed by atoms with Crippen LogP contribution in [0.5, 0.6) is 0 Å². The maximum Gasteiger partial charge on any atom is 0.136 e. The molecule has 2 nitrogen and oxygen atoms in total. The molecule has 0 radical (unpaired) electrons. The van der Waals surface area contributed by atoms with E-state index in [0.717, 1.165) is 38.3 Å². The number of rotatable bonds is 3. The molecule has 0 bridgehead atoms. The van der Waals surface area contributed by atoms with Gasteiger partial charge in [-0.3, -0.25) is 0 Å². The molecule has 0 saturated heterocycles. The van der Waals surface area contributed by atoms with Gasteiger partial charge in [-0.15, -0.1) is 0 Å². The van der Waals surface area contributed by atoms with E-state index in [2.05, 4.69) is 0 Å². The van der Waals surface area contributed by atoms with Crippen molar-refractivity contribution in [3.63, 3.8) is 0 Å². The molecule has 10 rings (SSSR count). The largest absolute Gasteiger partial charge is 0.456 e. The van der Waals surface area contributed by atoms with E-state index in [1.54, 1.807) is 6.07 Å². The maximum atomic E-state index is 9.33. The van der Waals surface area contributed by atoms with Crippen molar-refractivity contribution in [2.45, 2.75) is 0 Å². The van der Waals surface area contributed by atoms with Crippen molar-refractivity contribution in [2.24, 2.45) is 0 Å².